The molecule has 2 amide bonds. The molecule has 0 aromatic heterocycles. The van der Waals surface area contributed by atoms with Crippen LogP contribution >= 0.6 is 23.4 Å². The van der Waals surface area contributed by atoms with E-state index in [4.69, 9.17) is 16.3 Å². The fraction of sp³-hybridized carbons (Fsp3) is 0.0417. The summed E-state index contributed by atoms with van der Waals surface area (Å²) in [6.07, 6.45) is 1.54. The number of halogens is 1. The molecule has 8 nitrogen and oxygen atoms in total. The number of benzene rings is 3. The maximum absolute atomic E-state index is 12.8. The van der Waals surface area contributed by atoms with Crippen LogP contribution in [0, 0.1) is 10.1 Å². The molecule has 0 saturated carbocycles. The summed E-state index contributed by atoms with van der Waals surface area (Å²) in [7, 11) is 0. The molecule has 170 valence electrons. The number of nitro benzene ring substituents is 1. The van der Waals surface area contributed by atoms with Crippen molar-refractivity contribution in [3.63, 3.8) is 0 Å². The van der Waals surface area contributed by atoms with Gasteiger partial charge in [0.1, 0.15) is 5.75 Å². The predicted molar refractivity (Wildman–Crippen MR) is 127 cm³/mol. The minimum Gasteiger partial charge on any atom is -0.423 e. The number of ether oxygens (including phenoxy) is 1. The van der Waals surface area contributed by atoms with Crippen LogP contribution in [-0.4, -0.2) is 26.9 Å². The molecule has 0 bridgehead atoms. The predicted octanol–water partition coefficient (Wildman–Crippen LogP) is 5.70. The molecule has 1 saturated heterocycles. The van der Waals surface area contributed by atoms with Gasteiger partial charge in [0, 0.05) is 17.2 Å². The van der Waals surface area contributed by atoms with Crippen LogP contribution in [0.5, 0.6) is 5.75 Å². The Bertz CT molecular complexity index is 1360. The van der Waals surface area contributed by atoms with Crippen LogP contribution in [0.1, 0.15) is 21.5 Å². The summed E-state index contributed by atoms with van der Waals surface area (Å²) in [4.78, 5) is 49.3. The van der Waals surface area contributed by atoms with E-state index in [0.717, 1.165) is 28.3 Å². The number of hydrogen-bond donors (Lipinski definition) is 0. The van der Waals surface area contributed by atoms with Gasteiger partial charge in [-0.15, -0.1) is 0 Å². The molecule has 34 heavy (non-hydrogen) atoms. The second-order valence-corrected chi connectivity index (χ2v) is 8.60. The van der Waals surface area contributed by atoms with Gasteiger partial charge in [0.05, 0.1) is 21.9 Å². The number of nitrogens with zero attached hydrogens (tertiary/aromatic N) is 2. The summed E-state index contributed by atoms with van der Waals surface area (Å²) in [5.41, 5.74) is 1.07. The van der Waals surface area contributed by atoms with E-state index in [1.807, 2.05) is 0 Å². The third-order valence-corrected chi connectivity index (χ3v) is 5.90. The van der Waals surface area contributed by atoms with Crippen molar-refractivity contribution in [3.8, 4) is 5.75 Å². The summed E-state index contributed by atoms with van der Waals surface area (Å²) >= 11 is 6.79. The minimum atomic E-state index is -0.761. The van der Waals surface area contributed by atoms with E-state index >= 15 is 0 Å². The van der Waals surface area contributed by atoms with E-state index in [0.29, 0.717) is 10.6 Å². The lowest BCUT2D eigenvalue weighted by atomic mass is 10.2. The lowest BCUT2D eigenvalue weighted by molar-refractivity contribution is -0.384. The van der Waals surface area contributed by atoms with Crippen LogP contribution in [0.2, 0.25) is 5.02 Å². The van der Waals surface area contributed by atoms with Crippen molar-refractivity contribution < 1.29 is 24.0 Å². The molecule has 1 fully saturated rings. The number of non-ortho nitro benzene ring substituents is 1. The third kappa shape index (κ3) is 5.33. The van der Waals surface area contributed by atoms with E-state index in [2.05, 4.69) is 0 Å². The zero-order chi connectivity index (χ0) is 24.2. The van der Waals surface area contributed by atoms with Crippen LogP contribution in [-0.2, 0) is 11.3 Å². The van der Waals surface area contributed by atoms with Gasteiger partial charge in [-0.2, -0.15) is 0 Å². The van der Waals surface area contributed by atoms with Crippen LogP contribution in [0.3, 0.4) is 0 Å². The Balaban J connectivity index is 1.49. The van der Waals surface area contributed by atoms with Gasteiger partial charge in [-0.25, -0.2) is 4.79 Å². The maximum atomic E-state index is 12.8. The second kappa shape index (κ2) is 9.90. The van der Waals surface area contributed by atoms with E-state index in [1.54, 1.807) is 36.4 Å². The largest absolute Gasteiger partial charge is 0.423 e. The average molecular weight is 495 g/mol. The molecule has 4 rings (SSSR count). The van der Waals surface area contributed by atoms with Crippen molar-refractivity contribution in [1.82, 2.24) is 4.90 Å². The molecule has 0 spiro atoms. The molecule has 3 aromatic rings. The van der Waals surface area contributed by atoms with Crippen molar-refractivity contribution >= 4 is 52.2 Å². The number of imide groups is 1. The van der Waals surface area contributed by atoms with Gasteiger partial charge in [-0.3, -0.25) is 24.6 Å². The van der Waals surface area contributed by atoms with E-state index in [9.17, 15) is 24.5 Å². The normalized spacial score (nSPS) is 14.5. The first-order valence-electron chi connectivity index (χ1n) is 9.87. The van der Waals surface area contributed by atoms with Gasteiger partial charge in [0.25, 0.3) is 16.8 Å². The molecular formula is C24H15ClN2O6S. The number of esters is 1. The lowest BCUT2D eigenvalue weighted by Gasteiger charge is -2.12. The zero-order valence-electron chi connectivity index (χ0n) is 17.3. The summed E-state index contributed by atoms with van der Waals surface area (Å²) in [6, 6.07) is 18.5. The third-order valence-electron chi connectivity index (χ3n) is 4.76. The highest BCUT2D eigenvalue weighted by molar-refractivity contribution is 8.18. The minimum absolute atomic E-state index is 0.0294. The van der Waals surface area contributed by atoms with E-state index < -0.39 is 22.0 Å². The molecule has 10 heteroatoms. The summed E-state index contributed by atoms with van der Waals surface area (Å²) < 4.78 is 5.33. The molecule has 0 unspecified atom stereocenters. The monoisotopic (exact) mass is 494 g/mol. The smallest absolute Gasteiger partial charge is 0.343 e. The van der Waals surface area contributed by atoms with Crippen LogP contribution in [0.15, 0.2) is 77.7 Å². The van der Waals surface area contributed by atoms with Crippen molar-refractivity contribution in [1.29, 1.82) is 0 Å². The van der Waals surface area contributed by atoms with Crippen molar-refractivity contribution in [2.75, 3.05) is 0 Å². The Kier molecular flexibility index (Phi) is 6.76. The molecule has 0 radical (unpaired) electrons. The number of thioether (sulfide) groups is 1. The molecule has 1 heterocycles. The first kappa shape index (κ1) is 23.2. The number of nitro groups is 1. The highest BCUT2D eigenvalue weighted by Gasteiger charge is 2.35. The number of amides is 2. The SMILES string of the molecule is O=C(Oc1cccc(/C=C2\SC(=O)N(Cc3cccc(Cl)c3)C2=O)c1)c1cccc([N+](=O)[O-])c1. The molecule has 1 aliphatic heterocycles. The van der Waals surface area contributed by atoms with Crippen molar-refractivity contribution in [3.05, 3.63) is 110 Å². The molecule has 0 aliphatic carbocycles. The van der Waals surface area contributed by atoms with Crippen molar-refractivity contribution in [2.45, 2.75) is 6.54 Å². The Morgan fingerprint density at radius 3 is 2.59 bits per heavy atom. The summed E-state index contributed by atoms with van der Waals surface area (Å²) in [6.45, 7) is 0.101. The van der Waals surface area contributed by atoms with Gasteiger partial charge in [-0.1, -0.05) is 41.9 Å². The molecule has 3 aromatic carbocycles. The molecule has 0 N–H and O–H groups in total. The lowest BCUT2D eigenvalue weighted by Crippen LogP contribution is -2.27. The Morgan fingerprint density at radius 2 is 1.82 bits per heavy atom. The first-order chi connectivity index (χ1) is 16.3. The van der Waals surface area contributed by atoms with Gasteiger partial charge in [0.15, 0.2) is 0 Å². The van der Waals surface area contributed by atoms with Gasteiger partial charge >= 0.3 is 5.97 Å². The molecule has 1 aliphatic rings. The van der Waals surface area contributed by atoms with Crippen molar-refractivity contribution in [2.24, 2.45) is 0 Å². The fourth-order valence-corrected chi connectivity index (χ4v) is 4.24. The second-order valence-electron chi connectivity index (χ2n) is 7.17. The number of carbonyl (C=O) groups is 3. The fourth-order valence-electron chi connectivity index (χ4n) is 3.19. The van der Waals surface area contributed by atoms with E-state index in [1.165, 1.54) is 36.4 Å². The molecule has 0 atom stereocenters. The number of rotatable bonds is 6. The number of carbonyl (C=O) groups excluding carboxylic acids is 3. The Morgan fingerprint density at radius 1 is 1.06 bits per heavy atom. The highest BCUT2D eigenvalue weighted by atomic mass is 35.5. The summed E-state index contributed by atoms with van der Waals surface area (Å²) in [5, 5.41) is 11.0. The number of hydrogen-bond acceptors (Lipinski definition) is 7. The standard InChI is InChI=1S/C24H15ClN2O6S/c25-18-7-1-5-16(10-18)14-26-22(28)21(34-24(26)30)12-15-4-2-9-20(11-15)33-23(29)17-6-3-8-19(13-17)27(31)32/h1-13H,14H2/b21-12-. The topological polar surface area (TPSA) is 107 Å². The molecular weight excluding hydrogens is 480 g/mol. The van der Waals surface area contributed by atoms with Gasteiger partial charge in [0.2, 0.25) is 0 Å². The first-order valence-corrected chi connectivity index (χ1v) is 11.1. The summed E-state index contributed by atoms with van der Waals surface area (Å²) in [5.74, 6) is -1.01. The van der Waals surface area contributed by atoms with Crippen LogP contribution < -0.4 is 4.74 Å². The van der Waals surface area contributed by atoms with Gasteiger partial charge in [-0.05, 0) is 59.3 Å². The Labute approximate surface area is 202 Å². The average Bonchev–Trinajstić information content (AvgIpc) is 3.06. The quantitative estimate of drug-likeness (QED) is 0.142. The van der Waals surface area contributed by atoms with Crippen LogP contribution in [0.4, 0.5) is 10.5 Å². The zero-order valence-corrected chi connectivity index (χ0v) is 18.9. The maximum Gasteiger partial charge on any atom is 0.343 e. The highest BCUT2D eigenvalue weighted by Crippen LogP contribution is 2.34. The Hall–Kier alpha value is -3.95. The van der Waals surface area contributed by atoms with E-state index in [-0.39, 0.29) is 28.5 Å². The van der Waals surface area contributed by atoms with Crippen LogP contribution in [0.25, 0.3) is 6.08 Å². The van der Waals surface area contributed by atoms with Gasteiger partial charge < -0.3 is 4.74 Å².